The first-order valence-electron chi connectivity index (χ1n) is 25.5. The van der Waals surface area contributed by atoms with Crippen LogP contribution in [0.1, 0.15) is 38.7 Å². The van der Waals surface area contributed by atoms with E-state index in [1.54, 1.807) is 23.0 Å². The van der Waals surface area contributed by atoms with Crippen molar-refractivity contribution >= 4 is 50.6 Å². The number of nitrogens with two attached hydrogens (primary N) is 1. The van der Waals surface area contributed by atoms with Crippen LogP contribution in [0.2, 0.25) is 0 Å². The van der Waals surface area contributed by atoms with Crippen LogP contribution in [0.5, 0.6) is 5.75 Å². The number of amidine groups is 1. The largest absolute Gasteiger partial charge is 0.420 e. The second-order valence-electron chi connectivity index (χ2n) is 16.8. The Morgan fingerprint density at radius 3 is 1.68 bits per heavy atom. The number of amides is 1. The molecule has 1 amide bonds. The number of hydrogen-bond acceptors (Lipinski definition) is 21. The topological polar surface area (TPSA) is 294 Å². The van der Waals surface area contributed by atoms with Gasteiger partial charge in [-0.25, -0.2) is 28.5 Å². The van der Waals surface area contributed by atoms with E-state index in [-0.39, 0.29) is 75.6 Å². The maximum Gasteiger partial charge on any atom is 0.313 e. The number of aromatic nitrogens is 4. The number of halogens is 4. The number of carbonyl (C=O) groups excluding carboxylic acids is 2. The third-order valence-corrected chi connectivity index (χ3v) is 11.8. The highest BCUT2D eigenvalue weighted by molar-refractivity contribution is 7.85. The van der Waals surface area contributed by atoms with Gasteiger partial charge in [0.15, 0.2) is 22.2 Å². The molecule has 1 aliphatic rings. The Balaban J connectivity index is 0.773. The highest BCUT2D eigenvalue weighted by Crippen LogP contribution is 2.33. The normalized spacial score (nSPS) is 12.6. The van der Waals surface area contributed by atoms with Crippen LogP contribution in [0.25, 0.3) is 22.8 Å². The zero-order valence-corrected chi connectivity index (χ0v) is 45.2. The number of benzene rings is 2. The van der Waals surface area contributed by atoms with Crippen molar-refractivity contribution in [2.45, 2.75) is 44.6 Å². The summed E-state index contributed by atoms with van der Waals surface area (Å²) in [5.41, 5.74) is 8.63. The highest BCUT2D eigenvalue weighted by atomic mass is 32.2. The lowest BCUT2D eigenvalue weighted by Gasteiger charge is -2.21. The molecule has 80 heavy (non-hydrogen) atoms. The fraction of sp³-hybridized carbons (Fsp3) is 0.560. The maximum absolute atomic E-state index is 14.0. The molecule has 0 fully saturated rings. The summed E-state index contributed by atoms with van der Waals surface area (Å²) in [5, 5.41) is 6.20. The Labute approximate surface area is 458 Å². The number of hydroxylamine groups is 2. The van der Waals surface area contributed by atoms with Gasteiger partial charge in [-0.1, -0.05) is 13.0 Å². The van der Waals surface area contributed by atoms with Gasteiger partial charge >= 0.3 is 16.1 Å². The molecular formula is C50H67F4N7O18S. The SMILES string of the molecule is CCCN(OCC)C(=O)C1=Cc2ccc(-n3cc4c(=O)n(CCOCCOCCOCCOCCOCCOCCOCCOCCOCCOCCC(=O)Oc5c(F)c(F)c(S(=O)(=O)O)c(F)c5F)cnc4n3)cc2N=C(N)C1. The molecule has 0 saturated carbocycles. The molecule has 25 nitrogen and oxygen atoms in total. The Hall–Kier alpha value is -5.87. The number of fused-ring (bicyclic) bond motifs is 2. The van der Waals surface area contributed by atoms with E-state index in [4.69, 9.17) is 62.5 Å². The summed E-state index contributed by atoms with van der Waals surface area (Å²) in [4.78, 5) is 50.6. The quantitative estimate of drug-likeness (QED) is 0.0122. The number of carbonyl (C=O) groups is 2. The Morgan fingerprint density at radius 1 is 0.713 bits per heavy atom. The summed E-state index contributed by atoms with van der Waals surface area (Å²) >= 11 is 0. The van der Waals surface area contributed by atoms with Crippen LogP contribution in [-0.2, 0) is 78.5 Å². The minimum absolute atomic E-state index is 0.0148. The molecule has 0 saturated heterocycles. The Bertz CT molecular complexity index is 2810. The molecule has 30 heteroatoms. The zero-order chi connectivity index (χ0) is 57.7. The lowest BCUT2D eigenvalue weighted by atomic mass is 10.1. The lowest BCUT2D eigenvalue weighted by molar-refractivity contribution is -0.180. The molecule has 3 heterocycles. The summed E-state index contributed by atoms with van der Waals surface area (Å²) in [5.74, 6) is -12.7. The van der Waals surface area contributed by atoms with Crippen molar-refractivity contribution in [2.24, 2.45) is 10.7 Å². The van der Waals surface area contributed by atoms with Crippen molar-refractivity contribution in [2.75, 3.05) is 145 Å². The van der Waals surface area contributed by atoms with Gasteiger partial charge in [0.25, 0.3) is 11.5 Å². The van der Waals surface area contributed by atoms with Gasteiger partial charge in [-0.3, -0.25) is 28.3 Å². The fourth-order valence-electron chi connectivity index (χ4n) is 7.11. The van der Waals surface area contributed by atoms with Crippen molar-refractivity contribution in [3.63, 3.8) is 0 Å². The summed E-state index contributed by atoms with van der Waals surface area (Å²) in [6.07, 6.45) is 5.15. The van der Waals surface area contributed by atoms with Crippen molar-refractivity contribution in [1.82, 2.24) is 24.4 Å². The van der Waals surface area contributed by atoms with Gasteiger partial charge in [0.05, 0.1) is 163 Å². The van der Waals surface area contributed by atoms with E-state index < -0.39 is 56.4 Å². The van der Waals surface area contributed by atoms with E-state index in [0.717, 1.165) is 6.42 Å². The van der Waals surface area contributed by atoms with Crippen LogP contribution in [-0.4, -0.2) is 200 Å². The van der Waals surface area contributed by atoms with Crippen LogP contribution in [0.4, 0.5) is 23.2 Å². The summed E-state index contributed by atoms with van der Waals surface area (Å²) in [6, 6.07) is 5.43. The minimum atomic E-state index is -5.65. The van der Waals surface area contributed by atoms with E-state index in [0.29, 0.717) is 134 Å². The molecule has 0 radical (unpaired) electrons. The summed E-state index contributed by atoms with van der Waals surface area (Å²) in [7, 11) is -5.65. The van der Waals surface area contributed by atoms with Crippen LogP contribution < -0.4 is 16.0 Å². The maximum atomic E-state index is 14.0. The first kappa shape index (κ1) is 64.9. The van der Waals surface area contributed by atoms with Crippen molar-refractivity contribution in [3.05, 3.63) is 75.5 Å². The van der Waals surface area contributed by atoms with Gasteiger partial charge in [-0.15, -0.1) is 5.10 Å². The Morgan fingerprint density at radius 2 is 1.20 bits per heavy atom. The van der Waals surface area contributed by atoms with Gasteiger partial charge in [0.2, 0.25) is 17.4 Å². The molecule has 4 aromatic rings. The Kier molecular flexibility index (Phi) is 28.5. The number of aliphatic imine (C=N–C) groups is 1. The standard InChI is InChI=1S/C50H67F4N7O18S/c1-3-8-61(78-4-2)49(63)36-30-35-5-6-37(32-39(35)57-40(55)31-36)60-33-38-48(58-60)56-34-59(50(38)64)9-11-69-13-15-71-17-19-73-21-23-75-25-27-77-29-28-76-26-24-74-22-20-72-18-16-70-14-12-68-10-7-41(62)79-46-42(51)44(53)47(80(65,66)67)45(54)43(46)52/h5-6,30,32-34H,3-4,7-29,31H2,1-2H3,(H2,55,57)(H,65,66,67). The van der Waals surface area contributed by atoms with Gasteiger partial charge in [0.1, 0.15) is 17.5 Å². The van der Waals surface area contributed by atoms with E-state index in [1.165, 1.54) is 16.0 Å². The van der Waals surface area contributed by atoms with E-state index in [1.807, 2.05) is 26.0 Å². The van der Waals surface area contributed by atoms with Crippen LogP contribution in [0.3, 0.4) is 0 Å². The third kappa shape index (κ3) is 21.2. The number of hydrogen-bond donors (Lipinski definition) is 2. The number of esters is 1. The molecule has 3 N–H and O–H groups in total. The molecule has 2 aromatic carbocycles. The molecule has 0 atom stereocenters. The molecule has 2 aromatic heterocycles. The predicted molar refractivity (Wildman–Crippen MR) is 275 cm³/mol. The number of rotatable bonds is 41. The average molecular weight is 1160 g/mol. The van der Waals surface area contributed by atoms with Crippen LogP contribution in [0.15, 0.2) is 51.0 Å². The average Bonchev–Trinajstić information content (AvgIpc) is 3.85. The minimum Gasteiger partial charge on any atom is -0.420 e. The molecular weight excluding hydrogens is 1090 g/mol. The number of nitrogens with zero attached hydrogens (tertiary/aromatic N) is 6. The van der Waals surface area contributed by atoms with E-state index >= 15 is 0 Å². The molecule has 5 rings (SSSR count). The summed E-state index contributed by atoms with van der Waals surface area (Å²) in [6.45, 7) is 10.6. The lowest BCUT2D eigenvalue weighted by Crippen LogP contribution is -2.34. The molecule has 1 aliphatic heterocycles. The summed E-state index contributed by atoms with van der Waals surface area (Å²) < 4.78 is 148. The van der Waals surface area contributed by atoms with Crippen molar-refractivity contribution in [3.8, 4) is 11.4 Å². The fourth-order valence-corrected chi connectivity index (χ4v) is 7.74. The molecule has 444 valence electrons. The molecule has 0 aliphatic carbocycles. The van der Waals surface area contributed by atoms with E-state index in [2.05, 4.69) is 19.8 Å². The van der Waals surface area contributed by atoms with Crippen LogP contribution >= 0.6 is 0 Å². The first-order valence-corrected chi connectivity index (χ1v) is 27.0. The van der Waals surface area contributed by atoms with Gasteiger partial charge in [0, 0.05) is 30.3 Å². The third-order valence-electron chi connectivity index (χ3n) is 10.9. The van der Waals surface area contributed by atoms with Gasteiger partial charge < -0.3 is 57.8 Å². The molecule has 0 spiro atoms. The van der Waals surface area contributed by atoms with E-state index in [9.17, 15) is 40.4 Å². The smallest absolute Gasteiger partial charge is 0.313 e. The molecule has 0 bridgehead atoms. The van der Waals surface area contributed by atoms with Crippen molar-refractivity contribution < 1.29 is 97.1 Å². The van der Waals surface area contributed by atoms with Gasteiger partial charge in [-0.05, 0) is 31.6 Å². The second-order valence-corrected chi connectivity index (χ2v) is 18.2. The number of ether oxygens (including phenoxy) is 11. The zero-order valence-electron chi connectivity index (χ0n) is 44.4. The second kappa shape index (κ2) is 35.1. The predicted octanol–water partition coefficient (Wildman–Crippen LogP) is 3.51. The first-order chi connectivity index (χ1) is 38.6. The van der Waals surface area contributed by atoms with Crippen molar-refractivity contribution in [1.29, 1.82) is 0 Å². The van der Waals surface area contributed by atoms with Gasteiger partial charge in [-0.2, -0.15) is 17.2 Å². The van der Waals surface area contributed by atoms with Crippen LogP contribution in [0, 0.1) is 23.3 Å². The monoisotopic (exact) mass is 1160 g/mol. The molecule has 0 unspecified atom stereocenters. The highest BCUT2D eigenvalue weighted by Gasteiger charge is 2.34.